The summed E-state index contributed by atoms with van der Waals surface area (Å²) in [5, 5.41) is 14.6. The van der Waals surface area contributed by atoms with E-state index in [9.17, 15) is 19.5 Å². The smallest absolute Gasteiger partial charge is 0.326 e. The zero-order valence-corrected chi connectivity index (χ0v) is 15.5. The van der Waals surface area contributed by atoms with Crippen molar-refractivity contribution in [1.82, 2.24) is 10.6 Å². The Morgan fingerprint density at radius 2 is 1.64 bits per heavy atom. The molecule has 0 bridgehead atoms. The largest absolute Gasteiger partial charge is 0.480 e. The van der Waals surface area contributed by atoms with E-state index in [1.54, 1.807) is 26.0 Å². The van der Waals surface area contributed by atoms with Gasteiger partial charge in [-0.05, 0) is 36.8 Å². The monoisotopic (exact) mass is 348 g/mol. The summed E-state index contributed by atoms with van der Waals surface area (Å²) < 4.78 is 0. The van der Waals surface area contributed by atoms with E-state index in [-0.39, 0.29) is 17.7 Å². The second-order valence-corrected chi connectivity index (χ2v) is 7.04. The maximum atomic E-state index is 12.5. The van der Waals surface area contributed by atoms with E-state index < -0.39 is 24.0 Å². The fourth-order valence-corrected chi connectivity index (χ4v) is 2.54. The SMILES string of the molecule is Cc1ccccc1C(=O)NC(C(=O)N[C@H](CC(C)C)C(=O)O)C(C)C. The van der Waals surface area contributed by atoms with Gasteiger partial charge in [0.15, 0.2) is 0 Å². The molecule has 138 valence electrons. The Kier molecular flexibility index (Phi) is 7.61. The molecule has 0 spiro atoms. The molecule has 0 heterocycles. The zero-order valence-electron chi connectivity index (χ0n) is 15.5. The van der Waals surface area contributed by atoms with Crippen LogP contribution in [0.1, 0.15) is 50.0 Å². The zero-order chi connectivity index (χ0) is 19.1. The lowest BCUT2D eigenvalue weighted by molar-refractivity contribution is -0.142. The van der Waals surface area contributed by atoms with Gasteiger partial charge in [0, 0.05) is 5.56 Å². The maximum absolute atomic E-state index is 12.5. The Bertz CT molecular complexity index is 626. The molecular formula is C19H28N2O4. The van der Waals surface area contributed by atoms with Gasteiger partial charge in [0.25, 0.3) is 5.91 Å². The van der Waals surface area contributed by atoms with E-state index in [2.05, 4.69) is 10.6 Å². The van der Waals surface area contributed by atoms with Crippen LogP contribution in [0.3, 0.4) is 0 Å². The van der Waals surface area contributed by atoms with Gasteiger partial charge in [-0.2, -0.15) is 0 Å². The molecule has 0 aliphatic rings. The number of benzene rings is 1. The number of carboxylic acids is 1. The van der Waals surface area contributed by atoms with Gasteiger partial charge in [0.05, 0.1) is 0 Å². The average molecular weight is 348 g/mol. The third kappa shape index (κ3) is 6.21. The van der Waals surface area contributed by atoms with Crippen molar-refractivity contribution in [3.8, 4) is 0 Å². The summed E-state index contributed by atoms with van der Waals surface area (Å²) in [6.07, 6.45) is 0.331. The molecule has 0 aliphatic carbocycles. The van der Waals surface area contributed by atoms with E-state index in [1.165, 1.54) is 0 Å². The van der Waals surface area contributed by atoms with Crippen LogP contribution in [0.25, 0.3) is 0 Å². The van der Waals surface area contributed by atoms with Crippen molar-refractivity contribution in [3.63, 3.8) is 0 Å². The first kappa shape index (κ1) is 20.7. The highest BCUT2D eigenvalue weighted by Gasteiger charge is 2.29. The number of nitrogens with one attached hydrogen (secondary N) is 2. The van der Waals surface area contributed by atoms with E-state index in [1.807, 2.05) is 32.9 Å². The van der Waals surface area contributed by atoms with Gasteiger partial charge in [-0.3, -0.25) is 9.59 Å². The van der Waals surface area contributed by atoms with Crippen molar-refractivity contribution < 1.29 is 19.5 Å². The lowest BCUT2D eigenvalue weighted by atomic mass is 9.99. The molecule has 0 aromatic heterocycles. The molecule has 2 amide bonds. The summed E-state index contributed by atoms with van der Waals surface area (Å²) in [5.74, 6) is -1.95. The predicted molar refractivity (Wildman–Crippen MR) is 96.3 cm³/mol. The molecule has 1 unspecified atom stereocenters. The highest BCUT2D eigenvalue weighted by molar-refractivity contribution is 5.99. The molecule has 3 N–H and O–H groups in total. The molecule has 0 radical (unpaired) electrons. The molecular weight excluding hydrogens is 320 g/mol. The first-order valence-electron chi connectivity index (χ1n) is 8.53. The van der Waals surface area contributed by atoms with Crippen LogP contribution in [0, 0.1) is 18.8 Å². The summed E-state index contributed by atoms with van der Waals surface area (Å²) >= 11 is 0. The highest BCUT2D eigenvalue weighted by atomic mass is 16.4. The second kappa shape index (κ2) is 9.20. The Morgan fingerprint density at radius 1 is 1.04 bits per heavy atom. The molecule has 0 aliphatic heterocycles. The van der Waals surface area contributed by atoms with Crippen molar-refractivity contribution in [1.29, 1.82) is 0 Å². The van der Waals surface area contributed by atoms with Crippen molar-refractivity contribution in [2.75, 3.05) is 0 Å². The molecule has 1 aromatic carbocycles. The Morgan fingerprint density at radius 3 is 2.12 bits per heavy atom. The number of carbonyl (C=O) groups excluding carboxylic acids is 2. The molecule has 1 rings (SSSR count). The van der Waals surface area contributed by atoms with Crippen LogP contribution in [0.4, 0.5) is 0 Å². The standard InChI is InChI=1S/C19H28N2O4/c1-11(2)10-15(19(24)25)20-18(23)16(12(3)4)21-17(22)14-9-7-6-8-13(14)5/h6-9,11-12,15-16H,10H2,1-5H3,(H,20,23)(H,21,22)(H,24,25)/t15-,16?/m1/s1. The van der Waals surface area contributed by atoms with Crippen molar-refractivity contribution >= 4 is 17.8 Å². The number of aryl methyl sites for hydroxylation is 1. The fraction of sp³-hybridized carbons (Fsp3) is 0.526. The average Bonchev–Trinajstić information content (AvgIpc) is 2.51. The lowest BCUT2D eigenvalue weighted by Gasteiger charge is -2.25. The second-order valence-electron chi connectivity index (χ2n) is 7.04. The van der Waals surface area contributed by atoms with Gasteiger partial charge >= 0.3 is 5.97 Å². The minimum atomic E-state index is -1.07. The van der Waals surface area contributed by atoms with Crippen molar-refractivity contribution in [2.24, 2.45) is 11.8 Å². The predicted octanol–water partition coefficient (Wildman–Crippen LogP) is 2.36. The molecule has 1 aromatic rings. The van der Waals surface area contributed by atoms with Gasteiger partial charge in [0.2, 0.25) is 5.91 Å². The third-order valence-corrected chi connectivity index (χ3v) is 3.95. The van der Waals surface area contributed by atoms with Crippen molar-refractivity contribution in [2.45, 2.75) is 53.1 Å². The summed E-state index contributed by atoms with van der Waals surface area (Å²) in [5.41, 5.74) is 1.31. The number of carbonyl (C=O) groups is 3. The number of hydrogen-bond acceptors (Lipinski definition) is 3. The number of rotatable bonds is 8. The van der Waals surface area contributed by atoms with E-state index in [0.29, 0.717) is 12.0 Å². The molecule has 2 atom stereocenters. The summed E-state index contributed by atoms with van der Waals surface area (Å²) in [4.78, 5) is 36.4. The Hall–Kier alpha value is -2.37. The van der Waals surface area contributed by atoms with E-state index in [4.69, 9.17) is 0 Å². The minimum Gasteiger partial charge on any atom is -0.480 e. The van der Waals surface area contributed by atoms with Crippen LogP contribution in [-0.2, 0) is 9.59 Å². The van der Waals surface area contributed by atoms with Crippen LogP contribution in [0.2, 0.25) is 0 Å². The maximum Gasteiger partial charge on any atom is 0.326 e. The molecule has 0 fully saturated rings. The van der Waals surface area contributed by atoms with Gasteiger partial charge in [0.1, 0.15) is 12.1 Å². The van der Waals surface area contributed by atoms with Crippen LogP contribution < -0.4 is 10.6 Å². The summed E-state index contributed by atoms with van der Waals surface area (Å²) in [6.45, 7) is 9.22. The van der Waals surface area contributed by atoms with E-state index in [0.717, 1.165) is 5.56 Å². The Balaban J connectivity index is 2.88. The summed E-state index contributed by atoms with van der Waals surface area (Å²) in [7, 11) is 0. The topological polar surface area (TPSA) is 95.5 Å². The van der Waals surface area contributed by atoms with Gasteiger partial charge in [-0.1, -0.05) is 45.9 Å². The van der Waals surface area contributed by atoms with Crippen molar-refractivity contribution in [3.05, 3.63) is 35.4 Å². The first-order valence-corrected chi connectivity index (χ1v) is 8.53. The number of aliphatic carboxylic acids is 1. The van der Waals surface area contributed by atoms with Gasteiger partial charge in [-0.25, -0.2) is 4.79 Å². The van der Waals surface area contributed by atoms with Crippen LogP contribution in [0.15, 0.2) is 24.3 Å². The number of amides is 2. The number of hydrogen-bond donors (Lipinski definition) is 3. The molecule has 6 nitrogen and oxygen atoms in total. The fourth-order valence-electron chi connectivity index (χ4n) is 2.54. The molecule has 0 saturated carbocycles. The normalized spacial score (nSPS) is 13.4. The first-order chi connectivity index (χ1) is 11.6. The number of carboxylic acid groups (broad SMARTS) is 1. The third-order valence-electron chi connectivity index (χ3n) is 3.95. The Labute approximate surface area is 149 Å². The summed E-state index contributed by atoms with van der Waals surface area (Å²) in [6, 6.07) is 5.34. The van der Waals surface area contributed by atoms with Crippen LogP contribution >= 0.6 is 0 Å². The van der Waals surface area contributed by atoms with Crippen LogP contribution in [-0.4, -0.2) is 35.0 Å². The lowest BCUT2D eigenvalue weighted by Crippen LogP contribution is -2.54. The van der Waals surface area contributed by atoms with E-state index >= 15 is 0 Å². The molecule has 6 heteroatoms. The van der Waals surface area contributed by atoms with Crippen LogP contribution in [0.5, 0.6) is 0 Å². The van der Waals surface area contributed by atoms with Gasteiger partial charge in [-0.15, -0.1) is 0 Å². The highest BCUT2D eigenvalue weighted by Crippen LogP contribution is 2.11. The minimum absolute atomic E-state index is 0.125. The quantitative estimate of drug-likeness (QED) is 0.672. The molecule has 0 saturated heterocycles. The molecule has 25 heavy (non-hydrogen) atoms. The van der Waals surface area contributed by atoms with Gasteiger partial charge < -0.3 is 15.7 Å².